The summed E-state index contributed by atoms with van der Waals surface area (Å²) in [6, 6.07) is 5.62. The molecule has 0 radical (unpaired) electrons. The molecule has 0 bridgehead atoms. The number of carbonyl (C=O) groups excluding carboxylic acids is 3. The Morgan fingerprint density at radius 2 is 1.89 bits per heavy atom. The molecule has 0 saturated carbocycles. The van der Waals surface area contributed by atoms with Crippen LogP contribution in [0, 0.1) is 20.8 Å². The number of methoxy groups -OCH3 is 1. The predicted molar refractivity (Wildman–Crippen MR) is 106 cm³/mol. The van der Waals surface area contributed by atoms with Gasteiger partial charge in [0.2, 0.25) is 5.91 Å². The highest BCUT2D eigenvalue weighted by molar-refractivity contribution is 9.10. The summed E-state index contributed by atoms with van der Waals surface area (Å²) in [5.41, 5.74) is 3.39. The van der Waals surface area contributed by atoms with Gasteiger partial charge in [0.15, 0.2) is 0 Å². The molecule has 2 rings (SSSR count). The Labute approximate surface area is 166 Å². The van der Waals surface area contributed by atoms with Gasteiger partial charge >= 0.3 is 5.97 Å². The number of aromatic nitrogens is 1. The maximum absolute atomic E-state index is 12.3. The lowest BCUT2D eigenvalue weighted by Gasteiger charge is -2.09. The number of nitrogens with one attached hydrogen (secondary N) is 3. The van der Waals surface area contributed by atoms with Crippen molar-refractivity contribution in [3.05, 3.63) is 50.8 Å². The summed E-state index contributed by atoms with van der Waals surface area (Å²) < 4.78 is 5.60. The molecule has 0 atom stereocenters. The van der Waals surface area contributed by atoms with Gasteiger partial charge in [0, 0.05) is 28.8 Å². The number of rotatable bonds is 6. The van der Waals surface area contributed by atoms with Gasteiger partial charge in [-0.05, 0) is 44.0 Å². The summed E-state index contributed by atoms with van der Waals surface area (Å²) in [7, 11) is 1.29. The molecule has 0 aliphatic carbocycles. The van der Waals surface area contributed by atoms with Gasteiger partial charge in [-0.25, -0.2) is 4.79 Å². The van der Waals surface area contributed by atoms with E-state index in [1.54, 1.807) is 13.8 Å². The summed E-state index contributed by atoms with van der Waals surface area (Å²) >= 11 is 3.37. The smallest absolute Gasteiger partial charge is 0.339 e. The number of hydrogen-bond donors (Lipinski definition) is 3. The van der Waals surface area contributed by atoms with E-state index in [1.165, 1.54) is 7.11 Å². The van der Waals surface area contributed by atoms with Crippen molar-refractivity contribution < 1.29 is 19.1 Å². The molecule has 27 heavy (non-hydrogen) atoms. The normalized spacial score (nSPS) is 10.4. The van der Waals surface area contributed by atoms with E-state index in [0.29, 0.717) is 16.8 Å². The average molecular weight is 436 g/mol. The number of ether oxygens (including phenoxy) is 1. The van der Waals surface area contributed by atoms with Crippen LogP contribution in [-0.4, -0.2) is 36.4 Å². The second-order valence-electron chi connectivity index (χ2n) is 6.13. The maximum Gasteiger partial charge on any atom is 0.339 e. The van der Waals surface area contributed by atoms with E-state index in [-0.39, 0.29) is 30.5 Å². The minimum atomic E-state index is -0.496. The Hall–Kier alpha value is -2.61. The summed E-state index contributed by atoms with van der Waals surface area (Å²) in [6.45, 7) is 5.44. The number of aromatic amines is 1. The Kier molecular flexibility index (Phi) is 6.79. The molecule has 7 nitrogen and oxygen atoms in total. The van der Waals surface area contributed by atoms with E-state index in [0.717, 1.165) is 15.7 Å². The largest absolute Gasteiger partial charge is 0.465 e. The summed E-state index contributed by atoms with van der Waals surface area (Å²) in [4.78, 5) is 39.1. The third-order valence-corrected chi connectivity index (χ3v) is 4.66. The molecule has 144 valence electrons. The van der Waals surface area contributed by atoms with Crippen molar-refractivity contribution in [3.63, 3.8) is 0 Å². The van der Waals surface area contributed by atoms with Crippen molar-refractivity contribution in [1.82, 2.24) is 10.3 Å². The molecule has 0 saturated heterocycles. The quantitative estimate of drug-likeness (QED) is 0.606. The molecule has 2 amide bonds. The topological polar surface area (TPSA) is 100 Å². The Bertz CT molecular complexity index is 889. The van der Waals surface area contributed by atoms with E-state index < -0.39 is 5.97 Å². The first-order chi connectivity index (χ1) is 12.7. The number of esters is 1. The monoisotopic (exact) mass is 435 g/mol. The molecular formula is C19H22BrN3O4. The van der Waals surface area contributed by atoms with Gasteiger partial charge in [-0.15, -0.1) is 0 Å². The molecule has 2 aromatic rings. The first-order valence-electron chi connectivity index (χ1n) is 8.36. The molecular weight excluding hydrogens is 414 g/mol. The number of carbonyl (C=O) groups is 3. The van der Waals surface area contributed by atoms with Crippen molar-refractivity contribution in [3.8, 4) is 0 Å². The van der Waals surface area contributed by atoms with Crippen LogP contribution in [0.4, 0.5) is 5.69 Å². The number of aryl methyl sites for hydroxylation is 2. The lowest BCUT2D eigenvalue weighted by Crippen LogP contribution is -2.28. The molecule has 0 spiro atoms. The molecule has 0 aliphatic heterocycles. The third kappa shape index (κ3) is 4.97. The fourth-order valence-corrected chi connectivity index (χ4v) is 3.07. The minimum absolute atomic E-state index is 0.125. The van der Waals surface area contributed by atoms with Crippen LogP contribution in [0.2, 0.25) is 0 Å². The van der Waals surface area contributed by atoms with Crippen molar-refractivity contribution in [2.24, 2.45) is 0 Å². The van der Waals surface area contributed by atoms with Crippen LogP contribution in [0.15, 0.2) is 22.7 Å². The Morgan fingerprint density at radius 3 is 2.56 bits per heavy atom. The van der Waals surface area contributed by atoms with E-state index >= 15 is 0 Å². The molecule has 3 N–H and O–H groups in total. The van der Waals surface area contributed by atoms with Crippen molar-refractivity contribution in [2.45, 2.75) is 27.2 Å². The number of H-pyrrole nitrogens is 1. The first kappa shape index (κ1) is 20.7. The van der Waals surface area contributed by atoms with Gasteiger partial charge < -0.3 is 20.4 Å². The highest BCUT2D eigenvalue weighted by Gasteiger charge is 2.22. The SMILES string of the molecule is COC(=O)c1c(C)[nH]c(C(=O)NCCC(=O)Nc2cc(Br)ccc2C)c1C. The van der Waals surface area contributed by atoms with E-state index in [4.69, 9.17) is 4.74 Å². The Balaban J connectivity index is 1.93. The number of halogens is 1. The standard InChI is InChI=1S/C19H22BrN3O4/c1-10-5-6-13(20)9-14(10)23-15(24)7-8-21-18(25)17-11(2)16(12(3)22-17)19(26)27-4/h5-6,9,22H,7-8H2,1-4H3,(H,21,25)(H,23,24). The van der Waals surface area contributed by atoms with E-state index in [2.05, 4.69) is 31.5 Å². The predicted octanol–water partition coefficient (Wildman–Crippen LogP) is 3.25. The Morgan fingerprint density at radius 1 is 1.19 bits per heavy atom. The molecule has 1 aromatic carbocycles. The average Bonchev–Trinajstić information content (AvgIpc) is 2.92. The highest BCUT2D eigenvalue weighted by Crippen LogP contribution is 2.21. The van der Waals surface area contributed by atoms with Crippen LogP contribution < -0.4 is 10.6 Å². The van der Waals surface area contributed by atoms with Crippen LogP contribution in [0.5, 0.6) is 0 Å². The molecule has 1 aromatic heterocycles. The summed E-state index contributed by atoms with van der Waals surface area (Å²) in [5.74, 6) is -1.08. The second-order valence-corrected chi connectivity index (χ2v) is 7.05. The summed E-state index contributed by atoms with van der Waals surface area (Å²) in [6.07, 6.45) is 0.125. The number of hydrogen-bond acceptors (Lipinski definition) is 4. The molecule has 1 heterocycles. The number of amides is 2. The van der Waals surface area contributed by atoms with Gasteiger partial charge in [-0.2, -0.15) is 0 Å². The first-order valence-corrected chi connectivity index (χ1v) is 9.15. The second kappa shape index (κ2) is 8.85. The zero-order valence-electron chi connectivity index (χ0n) is 15.7. The van der Waals surface area contributed by atoms with Crippen molar-refractivity contribution >= 4 is 39.4 Å². The lowest BCUT2D eigenvalue weighted by atomic mass is 10.1. The van der Waals surface area contributed by atoms with Crippen LogP contribution in [0.25, 0.3) is 0 Å². The fraction of sp³-hybridized carbons (Fsp3) is 0.316. The van der Waals surface area contributed by atoms with E-state index in [1.807, 2.05) is 25.1 Å². The minimum Gasteiger partial charge on any atom is -0.465 e. The zero-order chi connectivity index (χ0) is 20.1. The van der Waals surface area contributed by atoms with Gasteiger partial charge in [0.1, 0.15) is 5.69 Å². The fourth-order valence-electron chi connectivity index (χ4n) is 2.70. The van der Waals surface area contributed by atoms with Gasteiger partial charge in [0.25, 0.3) is 5.91 Å². The molecule has 0 fully saturated rings. The molecule has 8 heteroatoms. The van der Waals surface area contributed by atoms with Crippen molar-refractivity contribution in [1.29, 1.82) is 0 Å². The zero-order valence-corrected chi connectivity index (χ0v) is 17.2. The van der Waals surface area contributed by atoms with Gasteiger partial charge in [-0.1, -0.05) is 22.0 Å². The third-order valence-electron chi connectivity index (χ3n) is 4.17. The molecule has 0 unspecified atom stereocenters. The lowest BCUT2D eigenvalue weighted by molar-refractivity contribution is -0.116. The number of benzene rings is 1. The maximum atomic E-state index is 12.3. The summed E-state index contributed by atoms with van der Waals surface area (Å²) in [5, 5.41) is 5.51. The van der Waals surface area contributed by atoms with E-state index in [9.17, 15) is 14.4 Å². The van der Waals surface area contributed by atoms with Gasteiger partial charge in [-0.3, -0.25) is 9.59 Å². The van der Waals surface area contributed by atoms with Crippen LogP contribution in [-0.2, 0) is 9.53 Å². The van der Waals surface area contributed by atoms with Gasteiger partial charge in [0.05, 0.1) is 12.7 Å². The van der Waals surface area contributed by atoms with Crippen LogP contribution in [0.3, 0.4) is 0 Å². The molecule has 0 aliphatic rings. The highest BCUT2D eigenvalue weighted by atomic mass is 79.9. The van der Waals surface area contributed by atoms with Crippen LogP contribution in [0.1, 0.15) is 44.1 Å². The van der Waals surface area contributed by atoms with Crippen LogP contribution >= 0.6 is 15.9 Å². The van der Waals surface area contributed by atoms with Crippen molar-refractivity contribution in [2.75, 3.05) is 19.0 Å². The number of anilines is 1.